The van der Waals surface area contributed by atoms with E-state index in [1.165, 1.54) is 21.1 Å². The van der Waals surface area contributed by atoms with Crippen LogP contribution in [0.4, 0.5) is 0 Å². The summed E-state index contributed by atoms with van der Waals surface area (Å²) >= 11 is 0. The number of nitrogens with zero attached hydrogens (tertiary/aromatic N) is 1. The van der Waals surface area contributed by atoms with Gasteiger partial charge in [0.1, 0.15) is 0 Å². The molecule has 7 nitrogen and oxygen atoms in total. The molecule has 29 heavy (non-hydrogen) atoms. The molecule has 0 radical (unpaired) electrons. The fourth-order valence-corrected chi connectivity index (χ4v) is 4.09. The summed E-state index contributed by atoms with van der Waals surface area (Å²) in [5, 5.41) is 0. The molecule has 0 saturated heterocycles. The molecule has 1 aliphatic rings. The number of Topliss-reactive ketones (excluding diaryl/α,β-unsaturated/α-hetero) is 1. The Balaban J connectivity index is 2.20. The number of hydrogen-bond donors (Lipinski definition) is 0. The van der Waals surface area contributed by atoms with Crippen molar-refractivity contribution in [2.75, 3.05) is 14.2 Å². The molecule has 1 heterocycles. The van der Waals surface area contributed by atoms with Crippen LogP contribution in [-0.2, 0) is 31.9 Å². The van der Waals surface area contributed by atoms with E-state index in [1.54, 1.807) is 42.7 Å². The van der Waals surface area contributed by atoms with Crippen LogP contribution in [0.3, 0.4) is 0 Å². The number of carbonyl (C=O) groups is 3. The molecule has 0 N–H and O–H groups in total. The molecule has 0 spiro atoms. The van der Waals surface area contributed by atoms with Crippen LogP contribution in [0.5, 0.6) is 0 Å². The number of methoxy groups -OCH3 is 2. The van der Waals surface area contributed by atoms with Crippen LogP contribution >= 0.6 is 0 Å². The molecule has 1 aromatic carbocycles. The Labute approximate surface area is 168 Å². The van der Waals surface area contributed by atoms with E-state index in [2.05, 4.69) is 0 Å². The highest BCUT2D eigenvalue weighted by molar-refractivity contribution is 6.01. The number of ether oxygens (including phenoxy) is 2. The summed E-state index contributed by atoms with van der Waals surface area (Å²) in [6, 6.07) is 6.75. The lowest BCUT2D eigenvalue weighted by molar-refractivity contribution is -0.168. The lowest BCUT2D eigenvalue weighted by Gasteiger charge is -2.22. The molecular weight excluding hydrogens is 374 g/mol. The van der Waals surface area contributed by atoms with Gasteiger partial charge in [-0.05, 0) is 56.2 Å². The molecule has 1 aromatic heterocycles. The number of hydrogen-bond acceptors (Lipinski definition) is 6. The van der Waals surface area contributed by atoms with Gasteiger partial charge < -0.3 is 9.47 Å². The van der Waals surface area contributed by atoms with Crippen molar-refractivity contribution in [2.24, 2.45) is 5.41 Å². The van der Waals surface area contributed by atoms with Crippen molar-refractivity contribution in [3.05, 3.63) is 62.6 Å². The van der Waals surface area contributed by atoms with Gasteiger partial charge in [0, 0.05) is 35.3 Å². The number of fused-ring (bicyclic) bond motifs is 1. The number of rotatable bonds is 4. The van der Waals surface area contributed by atoms with Gasteiger partial charge in [0.15, 0.2) is 11.2 Å². The molecule has 7 heteroatoms. The van der Waals surface area contributed by atoms with Crippen LogP contribution in [-0.4, -0.2) is 36.5 Å². The van der Waals surface area contributed by atoms with Crippen molar-refractivity contribution in [3.63, 3.8) is 0 Å². The van der Waals surface area contributed by atoms with Crippen molar-refractivity contribution in [2.45, 2.75) is 33.6 Å². The molecule has 3 rings (SSSR count). The molecule has 1 aliphatic carbocycles. The Morgan fingerprint density at radius 3 is 1.93 bits per heavy atom. The van der Waals surface area contributed by atoms with E-state index in [-0.39, 0.29) is 24.2 Å². The highest BCUT2D eigenvalue weighted by atomic mass is 16.5. The van der Waals surface area contributed by atoms with Gasteiger partial charge in [-0.25, -0.2) is 0 Å². The highest BCUT2D eigenvalue weighted by Gasteiger charge is 2.53. The first-order valence-electron chi connectivity index (χ1n) is 9.20. The SMILES string of the molecule is COC(=O)C1(C(=O)OC)Cc2c(c(C)n(-c3ccc(C(C)=O)cc3)c(=O)c2C)C1. The van der Waals surface area contributed by atoms with Crippen molar-refractivity contribution >= 4 is 17.7 Å². The second-order valence-corrected chi connectivity index (χ2v) is 7.33. The maximum Gasteiger partial charge on any atom is 0.323 e. The minimum Gasteiger partial charge on any atom is -0.468 e. The third-order valence-electron chi connectivity index (χ3n) is 5.75. The van der Waals surface area contributed by atoms with Crippen molar-refractivity contribution in [1.29, 1.82) is 0 Å². The van der Waals surface area contributed by atoms with E-state index in [0.717, 1.165) is 5.56 Å². The predicted octanol–water partition coefficient (Wildman–Crippen LogP) is 2.09. The Bertz CT molecular complexity index is 1060. The average molecular weight is 397 g/mol. The van der Waals surface area contributed by atoms with Crippen molar-refractivity contribution < 1.29 is 23.9 Å². The second-order valence-electron chi connectivity index (χ2n) is 7.33. The summed E-state index contributed by atoms with van der Waals surface area (Å²) in [5.74, 6) is -1.42. The second kappa shape index (κ2) is 7.31. The molecule has 0 atom stereocenters. The third-order valence-corrected chi connectivity index (χ3v) is 5.75. The monoisotopic (exact) mass is 397 g/mol. The highest BCUT2D eigenvalue weighted by Crippen LogP contribution is 2.41. The fourth-order valence-electron chi connectivity index (χ4n) is 4.09. The summed E-state index contributed by atoms with van der Waals surface area (Å²) < 4.78 is 11.3. The summed E-state index contributed by atoms with van der Waals surface area (Å²) in [6.45, 7) is 4.94. The van der Waals surface area contributed by atoms with E-state index < -0.39 is 17.4 Å². The molecule has 2 aromatic rings. The van der Waals surface area contributed by atoms with E-state index in [4.69, 9.17) is 9.47 Å². The van der Waals surface area contributed by atoms with E-state index >= 15 is 0 Å². The number of ketones is 1. The number of benzene rings is 1. The van der Waals surface area contributed by atoms with Gasteiger partial charge in [-0.15, -0.1) is 0 Å². The zero-order valence-corrected chi connectivity index (χ0v) is 17.1. The molecule has 0 aliphatic heterocycles. The predicted molar refractivity (Wildman–Crippen MR) is 105 cm³/mol. The van der Waals surface area contributed by atoms with Gasteiger partial charge in [-0.3, -0.25) is 23.7 Å². The van der Waals surface area contributed by atoms with Gasteiger partial charge in [-0.2, -0.15) is 0 Å². The summed E-state index contributed by atoms with van der Waals surface area (Å²) in [6.07, 6.45) is 0.161. The van der Waals surface area contributed by atoms with Crippen LogP contribution in [0, 0.1) is 19.3 Å². The van der Waals surface area contributed by atoms with Crippen LogP contribution in [0.25, 0.3) is 5.69 Å². The summed E-state index contributed by atoms with van der Waals surface area (Å²) in [7, 11) is 2.46. The van der Waals surface area contributed by atoms with Crippen LogP contribution in [0.1, 0.15) is 39.7 Å². The fraction of sp³-hybridized carbons (Fsp3) is 0.364. The van der Waals surface area contributed by atoms with E-state index in [9.17, 15) is 19.2 Å². The number of carbonyl (C=O) groups excluding carboxylic acids is 3. The molecule has 0 amide bonds. The van der Waals surface area contributed by atoms with Crippen LogP contribution in [0.2, 0.25) is 0 Å². The first-order valence-corrected chi connectivity index (χ1v) is 9.20. The largest absolute Gasteiger partial charge is 0.468 e. The van der Waals surface area contributed by atoms with Gasteiger partial charge >= 0.3 is 11.9 Å². The zero-order chi connectivity index (χ0) is 21.5. The minimum absolute atomic E-state index is 0.0632. The molecule has 0 bridgehead atoms. The smallest absolute Gasteiger partial charge is 0.323 e. The molecule has 0 unspecified atom stereocenters. The summed E-state index contributed by atoms with van der Waals surface area (Å²) in [4.78, 5) is 49.7. The Morgan fingerprint density at radius 1 is 0.931 bits per heavy atom. The first kappa shape index (κ1) is 20.5. The van der Waals surface area contributed by atoms with Gasteiger partial charge in [0.2, 0.25) is 0 Å². The van der Waals surface area contributed by atoms with E-state index in [1.807, 2.05) is 0 Å². The van der Waals surface area contributed by atoms with E-state index in [0.29, 0.717) is 28.1 Å². The molecule has 0 fully saturated rings. The van der Waals surface area contributed by atoms with Crippen molar-refractivity contribution in [1.82, 2.24) is 4.57 Å². The Hall–Kier alpha value is -3.22. The lowest BCUT2D eigenvalue weighted by atomic mass is 9.84. The van der Waals surface area contributed by atoms with Crippen molar-refractivity contribution in [3.8, 4) is 5.69 Å². The number of esters is 2. The number of pyridine rings is 1. The quantitative estimate of drug-likeness (QED) is 0.446. The maximum absolute atomic E-state index is 13.1. The zero-order valence-electron chi connectivity index (χ0n) is 17.1. The normalized spacial score (nSPS) is 14.2. The van der Waals surface area contributed by atoms with Crippen LogP contribution in [0.15, 0.2) is 29.1 Å². The Kier molecular flexibility index (Phi) is 5.17. The van der Waals surface area contributed by atoms with Gasteiger partial charge in [0.05, 0.1) is 14.2 Å². The third kappa shape index (κ3) is 3.06. The molecular formula is C22H23NO6. The standard InChI is InChI=1S/C22H23NO6/c1-12-17-10-22(20(26)28-4,21(27)29-5)11-18(17)13(2)23(19(12)25)16-8-6-15(7-9-16)14(3)24/h6-9H,10-11H2,1-5H3. The topological polar surface area (TPSA) is 91.7 Å². The first-order chi connectivity index (χ1) is 13.7. The van der Waals surface area contributed by atoms with Gasteiger partial charge in [0.25, 0.3) is 5.56 Å². The van der Waals surface area contributed by atoms with Crippen LogP contribution < -0.4 is 5.56 Å². The average Bonchev–Trinajstić information content (AvgIpc) is 3.14. The maximum atomic E-state index is 13.1. The Morgan fingerprint density at radius 2 is 1.45 bits per heavy atom. The minimum atomic E-state index is -1.49. The molecule has 152 valence electrons. The lowest BCUT2D eigenvalue weighted by Crippen LogP contribution is -2.42. The summed E-state index contributed by atoms with van der Waals surface area (Å²) in [5.41, 5.74) is 1.98. The molecule has 0 saturated carbocycles. The number of aromatic nitrogens is 1. The van der Waals surface area contributed by atoms with Gasteiger partial charge in [-0.1, -0.05) is 0 Å².